The summed E-state index contributed by atoms with van der Waals surface area (Å²) in [5.41, 5.74) is -16.6. The average Bonchev–Trinajstić information content (AvgIpc) is 2.84. The van der Waals surface area contributed by atoms with Gasteiger partial charge in [-0.25, -0.2) is 0 Å². The maximum Gasteiger partial charge on any atom is 0.420 e. The Morgan fingerprint density at radius 3 is 0.915 bits per heavy atom. The summed E-state index contributed by atoms with van der Waals surface area (Å²) in [5.74, 6) is -15.3. The quantitative estimate of drug-likeness (QED) is 0.129. The number of halogens is 18. The van der Waals surface area contributed by atoms with Crippen LogP contribution in [0.15, 0.2) is 24.3 Å². The zero-order valence-corrected chi connectivity index (χ0v) is 22.6. The molecule has 2 aromatic rings. The van der Waals surface area contributed by atoms with Gasteiger partial charge in [0.1, 0.15) is 0 Å². The van der Waals surface area contributed by atoms with Crippen molar-refractivity contribution in [1.82, 2.24) is 0 Å². The SMILES string of the molecule is CCC(C)C(C(=O)Oc1c(C(F)(F)F)cc(C(F)(F)F)cc1C(F)(F)F)C(=O)Oc1c(C(F)(F)F)cc(C(F)(F)F)cc1C(F)(F)F. The highest BCUT2D eigenvalue weighted by molar-refractivity contribution is 5.97. The second kappa shape index (κ2) is 12.6. The minimum atomic E-state index is -6.15. The second-order valence-corrected chi connectivity index (χ2v) is 9.49. The second-order valence-electron chi connectivity index (χ2n) is 9.49. The summed E-state index contributed by atoms with van der Waals surface area (Å²) in [6.07, 6.45) is -36.8. The minimum Gasteiger partial charge on any atom is -0.425 e. The normalized spacial score (nSPS) is 14.3. The van der Waals surface area contributed by atoms with E-state index in [9.17, 15) is 88.6 Å². The van der Waals surface area contributed by atoms with E-state index in [1.54, 1.807) is 0 Å². The molecule has 4 nitrogen and oxygen atoms in total. The van der Waals surface area contributed by atoms with Crippen molar-refractivity contribution in [3.63, 3.8) is 0 Å². The third kappa shape index (κ3) is 9.14. The first kappa shape index (κ1) is 39.3. The molecule has 264 valence electrons. The molecule has 22 heteroatoms. The van der Waals surface area contributed by atoms with Gasteiger partial charge in [0.25, 0.3) is 0 Å². The number of benzene rings is 2. The Bertz CT molecular complexity index is 1310. The lowest BCUT2D eigenvalue weighted by atomic mass is 9.91. The van der Waals surface area contributed by atoms with Crippen LogP contribution in [0.25, 0.3) is 0 Å². The molecule has 2 rings (SSSR count). The fraction of sp³-hybridized carbons (Fsp3) is 0.440. The molecule has 0 aliphatic rings. The van der Waals surface area contributed by atoms with Gasteiger partial charge in [0.05, 0.1) is 33.4 Å². The molecule has 0 N–H and O–H groups in total. The van der Waals surface area contributed by atoms with Crippen LogP contribution in [0.1, 0.15) is 53.6 Å². The number of esters is 2. The number of rotatable bonds is 6. The molecule has 0 bridgehead atoms. The summed E-state index contributed by atoms with van der Waals surface area (Å²) in [6, 6.07) is -3.66. The molecular formula is C25H14F18O4. The van der Waals surface area contributed by atoms with Crippen molar-refractivity contribution in [2.45, 2.75) is 57.3 Å². The zero-order valence-electron chi connectivity index (χ0n) is 22.6. The molecular weight excluding hydrogens is 706 g/mol. The van der Waals surface area contributed by atoms with Crippen LogP contribution in [-0.2, 0) is 46.6 Å². The van der Waals surface area contributed by atoms with Crippen LogP contribution in [0.4, 0.5) is 79.0 Å². The van der Waals surface area contributed by atoms with Crippen LogP contribution >= 0.6 is 0 Å². The Balaban J connectivity index is 2.82. The molecule has 0 saturated heterocycles. The van der Waals surface area contributed by atoms with Crippen LogP contribution in [-0.4, -0.2) is 11.9 Å². The van der Waals surface area contributed by atoms with Gasteiger partial charge in [-0.1, -0.05) is 20.3 Å². The number of ether oxygens (including phenoxy) is 2. The van der Waals surface area contributed by atoms with Gasteiger partial charge >= 0.3 is 49.0 Å². The molecule has 0 aliphatic heterocycles. The first-order valence-electron chi connectivity index (χ1n) is 12.0. The number of hydrogen-bond donors (Lipinski definition) is 0. The largest absolute Gasteiger partial charge is 0.425 e. The fourth-order valence-electron chi connectivity index (χ4n) is 3.77. The summed E-state index contributed by atoms with van der Waals surface area (Å²) < 4.78 is 250. The Labute approximate surface area is 249 Å². The average molecular weight is 720 g/mol. The minimum absolute atomic E-state index is 0.564. The number of carbonyl (C=O) groups excluding carboxylic acids is 2. The third-order valence-electron chi connectivity index (χ3n) is 6.18. The fourth-order valence-corrected chi connectivity index (χ4v) is 3.77. The number of carbonyl (C=O) groups is 2. The van der Waals surface area contributed by atoms with E-state index in [-0.39, 0.29) is 0 Å². The molecule has 0 aromatic heterocycles. The summed E-state index contributed by atoms with van der Waals surface area (Å²) in [7, 11) is 0. The Hall–Kier alpha value is -3.88. The lowest BCUT2D eigenvalue weighted by molar-refractivity contribution is -0.158. The van der Waals surface area contributed by atoms with Crippen molar-refractivity contribution < 1.29 is 98.1 Å². The van der Waals surface area contributed by atoms with Gasteiger partial charge in [-0.3, -0.25) is 9.59 Å². The molecule has 0 amide bonds. The van der Waals surface area contributed by atoms with Gasteiger partial charge in [-0.15, -0.1) is 0 Å². The maximum absolute atomic E-state index is 13.6. The van der Waals surface area contributed by atoms with Gasteiger partial charge in [-0.05, 0) is 30.2 Å². The predicted octanol–water partition coefficient (Wildman–Crippen LogP) is 9.97. The van der Waals surface area contributed by atoms with E-state index < -0.39 is 136 Å². The van der Waals surface area contributed by atoms with E-state index in [2.05, 4.69) is 9.47 Å². The molecule has 0 aliphatic carbocycles. The van der Waals surface area contributed by atoms with Crippen LogP contribution in [0.2, 0.25) is 0 Å². The van der Waals surface area contributed by atoms with Crippen molar-refractivity contribution in [1.29, 1.82) is 0 Å². The van der Waals surface area contributed by atoms with Gasteiger partial charge in [0.2, 0.25) is 0 Å². The molecule has 1 atom stereocenters. The Morgan fingerprint density at radius 1 is 0.511 bits per heavy atom. The summed E-state index contributed by atoms with van der Waals surface area (Å²) in [5, 5.41) is 0. The van der Waals surface area contributed by atoms with Crippen molar-refractivity contribution in [3.8, 4) is 11.5 Å². The Kier molecular flexibility index (Phi) is 10.6. The highest BCUT2D eigenvalue weighted by Crippen LogP contribution is 2.50. The van der Waals surface area contributed by atoms with E-state index in [0.29, 0.717) is 0 Å². The number of hydrogen-bond acceptors (Lipinski definition) is 4. The van der Waals surface area contributed by atoms with Crippen LogP contribution in [0, 0.1) is 11.8 Å². The standard InChI is InChI=1S/C25H14F18O4/c1-3-8(2)15(18(44)46-16-11(22(32,33)34)4-9(20(26,27)28)5-12(16)23(35,36)37)19(45)47-17-13(24(38,39)40)6-10(21(29,30)31)7-14(17)25(41,42)43/h4-8,15H,3H2,1-2H3. The topological polar surface area (TPSA) is 52.6 Å². The van der Waals surface area contributed by atoms with Crippen molar-refractivity contribution in [2.75, 3.05) is 0 Å². The van der Waals surface area contributed by atoms with Gasteiger partial charge in [-0.2, -0.15) is 79.0 Å². The van der Waals surface area contributed by atoms with Gasteiger partial charge in [0.15, 0.2) is 17.4 Å². The summed E-state index contributed by atoms with van der Waals surface area (Å²) >= 11 is 0. The molecule has 0 radical (unpaired) electrons. The van der Waals surface area contributed by atoms with Crippen molar-refractivity contribution in [3.05, 3.63) is 57.6 Å². The van der Waals surface area contributed by atoms with Crippen LogP contribution in [0.5, 0.6) is 11.5 Å². The third-order valence-corrected chi connectivity index (χ3v) is 6.18. The van der Waals surface area contributed by atoms with Crippen molar-refractivity contribution in [2.24, 2.45) is 11.8 Å². The number of alkyl halides is 18. The van der Waals surface area contributed by atoms with E-state index in [0.717, 1.165) is 13.8 Å². The van der Waals surface area contributed by atoms with E-state index >= 15 is 0 Å². The highest BCUT2D eigenvalue weighted by Gasteiger charge is 2.50. The zero-order chi connectivity index (χ0) is 36.9. The lowest BCUT2D eigenvalue weighted by Gasteiger charge is -2.25. The molecule has 0 saturated carbocycles. The lowest BCUT2D eigenvalue weighted by Crippen LogP contribution is -2.37. The van der Waals surface area contributed by atoms with Crippen LogP contribution in [0.3, 0.4) is 0 Å². The van der Waals surface area contributed by atoms with E-state index in [1.165, 1.54) is 0 Å². The maximum atomic E-state index is 13.6. The van der Waals surface area contributed by atoms with Crippen molar-refractivity contribution >= 4 is 11.9 Å². The van der Waals surface area contributed by atoms with Gasteiger partial charge in [0, 0.05) is 0 Å². The molecule has 47 heavy (non-hydrogen) atoms. The van der Waals surface area contributed by atoms with E-state index in [1.807, 2.05) is 0 Å². The molecule has 0 heterocycles. The summed E-state index contributed by atoms with van der Waals surface area (Å²) in [6.45, 7) is 1.77. The first-order chi connectivity index (χ1) is 20.8. The molecule has 1 unspecified atom stereocenters. The molecule has 0 spiro atoms. The highest BCUT2D eigenvalue weighted by atomic mass is 19.4. The summed E-state index contributed by atoms with van der Waals surface area (Å²) in [4.78, 5) is 25.7. The van der Waals surface area contributed by atoms with E-state index in [4.69, 9.17) is 0 Å². The predicted molar refractivity (Wildman–Crippen MR) is 117 cm³/mol. The smallest absolute Gasteiger partial charge is 0.420 e. The Morgan fingerprint density at radius 2 is 0.745 bits per heavy atom. The van der Waals surface area contributed by atoms with Gasteiger partial charge < -0.3 is 9.47 Å². The molecule has 2 aromatic carbocycles. The van der Waals surface area contributed by atoms with Crippen LogP contribution < -0.4 is 9.47 Å². The first-order valence-corrected chi connectivity index (χ1v) is 12.0. The monoisotopic (exact) mass is 720 g/mol. The molecule has 0 fully saturated rings.